The van der Waals surface area contributed by atoms with Crippen molar-refractivity contribution in [3.8, 4) is 0 Å². The van der Waals surface area contributed by atoms with E-state index in [0.717, 1.165) is 0 Å². The van der Waals surface area contributed by atoms with E-state index in [2.05, 4.69) is 10.6 Å². The Morgan fingerprint density at radius 3 is 2.67 bits per heavy atom. The summed E-state index contributed by atoms with van der Waals surface area (Å²) in [5, 5.41) is 4.94. The van der Waals surface area contributed by atoms with Crippen LogP contribution in [0.1, 0.15) is 0 Å². The molecule has 2 N–H and O–H groups in total. The van der Waals surface area contributed by atoms with Crippen LogP contribution in [0.5, 0.6) is 0 Å². The van der Waals surface area contributed by atoms with E-state index in [4.69, 9.17) is 4.74 Å². The number of carbonyl (C=O) groups is 1. The van der Waals surface area contributed by atoms with Crippen molar-refractivity contribution in [2.24, 2.45) is 0 Å². The fourth-order valence-electron chi connectivity index (χ4n) is 1.16. The molecule has 1 aliphatic heterocycles. The van der Waals surface area contributed by atoms with Crippen LogP contribution in [0.25, 0.3) is 0 Å². The van der Waals surface area contributed by atoms with Crippen molar-refractivity contribution < 1.29 is 17.9 Å². The van der Waals surface area contributed by atoms with E-state index < -0.39 is 26.7 Å². The van der Waals surface area contributed by atoms with E-state index in [1.165, 1.54) is 7.11 Å². The molecule has 0 spiro atoms. The van der Waals surface area contributed by atoms with E-state index in [-0.39, 0.29) is 0 Å². The summed E-state index contributed by atoms with van der Waals surface area (Å²) < 4.78 is 27.8. The third-order valence-corrected chi connectivity index (χ3v) is 4.23. The highest BCUT2D eigenvalue weighted by Gasteiger charge is 2.32. The number of nitrogens with one attached hydrogen (secondary N) is 2. The molecule has 1 amide bonds. The minimum absolute atomic E-state index is 0.341. The number of rotatable bonds is 6. The van der Waals surface area contributed by atoms with Crippen LogP contribution in [0.4, 0.5) is 0 Å². The van der Waals surface area contributed by atoms with Crippen molar-refractivity contribution in [2.75, 3.05) is 39.1 Å². The fraction of sp³-hybridized carbons (Fsp3) is 0.875. The van der Waals surface area contributed by atoms with Gasteiger partial charge in [-0.3, -0.25) is 4.79 Å². The van der Waals surface area contributed by atoms with Gasteiger partial charge >= 0.3 is 0 Å². The average Bonchev–Trinajstić information content (AvgIpc) is 1.98. The Bertz CT molecular complexity index is 311. The van der Waals surface area contributed by atoms with Crippen LogP contribution < -0.4 is 10.6 Å². The standard InChI is InChI=1S/C8H16N2O4S/c1-14-3-2-10-8(11)6-15(12,13)7-4-9-5-7/h7,9H,2-6H2,1H3,(H,10,11). The Morgan fingerprint density at radius 1 is 1.53 bits per heavy atom. The molecule has 0 aliphatic carbocycles. The highest BCUT2D eigenvalue weighted by Crippen LogP contribution is 2.06. The first-order valence-electron chi connectivity index (χ1n) is 4.74. The van der Waals surface area contributed by atoms with E-state index in [9.17, 15) is 13.2 Å². The summed E-state index contributed by atoms with van der Waals surface area (Å²) in [6.07, 6.45) is 0. The van der Waals surface area contributed by atoms with Crippen LogP contribution in [0.2, 0.25) is 0 Å². The van der Waals surface area contributed by atoms with Gasteiger partial charge in [0, 0.05) is 26.7 Å². The summed E-state index contributed by atoms with van der Waals surface area (Å²) in [6, 6.07) is 0. The highest BCUT2D eigenvalue weighted by molar-refractivity contribution is 7.92. The maximum atomic E-state index is 11.5. The van der Waals surface area contributed by atoms with Gasteiger partial charge in [-0.05, 0) is 0 Å². The summed E-state index contributed by atoms with van der Waals surface area (Å²) in [7, 11) is -1.76. The second-order valence-electron chi connectivity index (χ2n) is 3.43. The second kappa shape index (κ2) is 5.43. The van der Waals surface area contributed by atoms with Crippen LogP contribution >= 0.6 is 0 Å². The quantitative estimate of drug-likeness (QED) is 0.528. The Balaban J connectivity index is 2.30. The zero-order chi connectivity index (χ0) is 11.3. The van der Waals surface area contributed by atoms with Gasteiger partial charge < -0.3 is 15.4 Å². The predicted octanol–water partition coefficient (Wildman–Crippen LogP) is -1.86. The number of hydrogen-bond acceptors (Lipinski definition) is 5. The van der Waals surface area contributed by atoms with E-state index in [0.29, 0.717) is 26.2 Å². The van der Waals surface area contributed by atoms with Crippen LogP contribution in [0.3, 0.4) is 0 Å². The lowest BCUT2D eigenvalue weighted by molar-refractivity contribution is -0.118. The third kappa shape index (κ3) is 3.77. The molecule has 1 saturated heterocycles. The van der Waals surface area contributed by atoms with Gasteiger partial charge in [-0.2, -0.15) is 0 Å². The lowest BCUT2D eigenvalue weighted by atomic mass is 10.3. The molecule has 1 fully saturated rings. The third-order valence-electron chi connectivity index (χ3n) is 2.21. The lowest BCUT2D eigenvalue weighted by Gasteiger charge is -2.26. The van der Waals surface area contributed by atoms with Crippen molar-refractivity contribution in [1.82, 2.24) is 10.6 Å². The Hall–Kier alpha value is -0.660. The molecule has 15 heavy (non-hydrogen) atoms. The van der Waals surface area contributed by atoms with Gasteiger partial charge in [-0.25, -0.2) is 8.42 Å². The van der Waals surface area contributed by atoms with Crippen LogP contribution in [0.15, 0.2) is 0 Å². The van der Waals surface area contributed by atoms with Gasteiger partial charge in [0.1, 0.15) is 5.75 Å². The minimum atomic E-state index is -3.28. The fourth-order valence-corrected chi connectivity index (χ4v) is 2.61. The maximum Gasteiger partial charge on any atom is 0.235 e. The molecule has 1 heterocycles. The molecular weight excluding hydrogens is 220 g/mol. The van der Waals surface area contributed by atoms with Crippen molar-refractivity contribution >= 4 is 15.7 Å². The van der Waals surface area contributed by atoms with Gasteiger partial charge in [-0.1, -0.05) is 0 Å². The van der Waals surface area contributed by atoms with E-state index >= 15 is 0 Å². The van der Waals surface area contributed by atoms with E-state index in [1.54, 1.807) is 0 Å². The van der Waals surface area contributed by atoms with Gasteiger partial charge in [0.25, 0.3) is 0 Å². The molecule has 1 rings (SSSR count). The Morgan fingerprint density at radius 2 is 2.20 bits per heavy atom. The molecular formula is C8H16N2O4S. The molecule has 88 valence electrons. The smallest absolute Gasteiger partial charge is 0.235 e. The molecule has 0 unspecified atom stereocenters. The van der Waals surface area contributed by atoms with E-state index in [1.807, 2.05) is 0 Å². The maximum absolute atomic E-state index is 11.5. The average molecular weight is 236 g/mol. The Labute approximate surface area is 89.3 Å². The molecule has 0 bridgehead atoms. The first kappa shape index (κ1) is 12.4. The summed E-state index contributed by atoms with van der Waals surface area (Å²) in [6.45, 7) is 1.63. The first-order valence-corrected chi connectivity index (χ1v) is 6.45. The lowest BCUT2D eigenvalue weighted by Crippen LogP contribution is -2.53. The zero-order valence-electron chi connectivity index (χ0n) is 8.65. The molecule has 0 atom stereocenters. The monoisotopic (exact) mass is 236 g/mol. The summed E-state index contributed by atoms with van der Waals surface area (Å²) in [5.41, 5.74) is 0. The molecule has 1 aliphatic rings. The van der Waals surface area contributed by atoms with Crippen molar-refractivity contribution in [3.63, 3.8) is 0 Å². The van der Waals surface area contributed by atoms with Crippen molar-refractivity contribution in [2.45, 2.75) is 5.25 Å². The van der Waals surface area contributed by atoms with Crippen LogP contribution in [-0.4, -0.2) is 58.7 Å². The number of methoxy groups -OCH3 is 1. The van der Waals surface area contributed by atoms with Gasteiger partial charge in [0.05, 0.1) is 11.9 Å². The van der Waals surface area contributed by atoms with Gasteiger partial charge in [-0.15, -0.1) is 0 Å². The second-order valence-corrected chi connectivity index (χ2v) is 5.71. The van der Waals surface area contributed by atoms with Crippen molar-refractivity contribution in [1.29, 1.82) is 0 Å². The largest absolute Gasteiger partial charge is 0.383 e. The minimum Gasteiger partial charge on any atom is -0.383 e. The molecule has 0 aromatic heterocycles. The van der Waals surface area contributed by atoms with Gasteiger partial charge in [0.15, 0.2) is 9.84 Å². The highest BCUT2D eigenvalue weighted by atomic mass is 32.2. The van der Waals surface area contributed by atoms with Gasteiger partial charge in [0.2, 0.25) is 5.91 Å². The van der Waals surface area contributed by atoms with Crippen LogP contribution in [0, 0.1) is 0 Å². The molecule has 7 heteroatoms. The van der Waals surface area contributed by atoms with Crippen LogP contribution in [-0.2, 0) is 19.4 Å². The topological polar surface area (TPSA) is 84.5 Å². The summed E-state index contributed by atoms with van der Waals surface area (Å²) in [5.74, 6) is -0.887. The number of amides is 1. The summed E-state index contributed by atoms with van der Waals surface area (Å²) in [4.78, 5) is 11.2. The SMILES string of the molecule is COCCNC(=O)CS(=O)(=O)C1CNC1. The molecule has 0 saturated carbocycles. The molecule has 0 aromatic rings. The molecule has 0 aromatic carbocycles. The predicted molar refractivity (Wildman–Crippen MR) is 55.3 cm³/mol. The van der Waals surface area contributed by atoms with Crippen molar-refractivity contribution in [3.05, 3.63) is 0 Å². The number of carbonyl (C=O) groups excluding carboxylic acids is 1. The molecule has 0 radical (unpaired) electrons. The number of ether oxygens (including phenoxy) is 1. The first-order chi connectivity index (χ1) is 7.06. The number of hydrogen-bond donors (Lipinski definition) is 2. The zero-order valence-corrected chi connectivity index (χ0v) is 9.47. The number of sulfone groups is 1. The Kier molecular flexibility index (Phi) is 4.49. The summed E-state index contributed by atoms with van der Waals surface area (Å²) >= 11 is 0. The molecule has 6 nitrogen and oxygen atoms in total. The normalized spacial score (nSPS) is 17.1.